The number of hydrogen-bond acceptors (Lipinski definition) is 0. The molecule has 0 N–H and O–H groups in total. The predicted octanol–water partition coefficient (Wildman–Crippen LogP) is 2.25. The summed E-state index contributed by atoms with van der Waals surface area (Å²) in [7, 11) is 0. The first-order valence-electron chi connectivity index (χ1n) is 2.80. The van der Waals surface area contributed by atoms with E-state index in [0.717, 1.165) is 12.8 Å². The van der Waals surface area contributed by atoms with Crippen molar-refractivity contribution in [1.82, 2.24) is 0 Å². The zero-order valence-corrected chi connectivity index (χ0v) is 6.41. The van der Waals surface area contributed by atoms with Gasteiger partial charge in [0.2, 0.25) is 0 Å². The van der Waals surface area contributed by atoms with Gasteiger partial charge in [-0.1, -0.05) is 6.08 Å². The van der Waals surface area contributed by atoms with Crippen LogP contribution in [0.25, 0.3) is 0 Å². The molecule has 0 fully saturated rings. The average Bonchev–Trinajstić information content (AvgIpc) is 2.19. The van der Waals surface area contributed by atoms with Gasteiger partial charge in [0, 0.05) is 17.1 Å². The third kappa shape index (κ3) is 2.69. The zero-order valence-electron chi connectivity index (χ0n) is 5.23. The monoisotopic (exact) mass is 160 g/mol. The molecule has 0 nitrogen and oxygen atoms in total. The molecule has 0 aromatic heterocycles. The fourth-order valence-corrected chi connectivity index (χ4v) is 0.746. The summed E-state index contributed by atoms with van der Waals surface area (Å²) < 4.78 is 0. The molecule has 1 aliphatic carbocycles. The van der Waals surface area contributed by atoms with Crippen molar-refractivity contribution in [3.63, 3.8) is 0 Å². The molecule has 1 aliphatic rings. The Morgan fingerprint density at radius 2 is 2.56 bits per heavy atom. The zero-order chi connectivity index (χ0) is 5.82. The van der Waals surface area contributed by atoms with Crippen LogP contribution in [0.4, 0.5) is 0 Å². The van der Waals surface area contributed by atoms with Gasteiger partial charge in [0.25, 0.3) is 0 Å². The Bertz CT molecular complexity index is 143. The minimum Gasteiger partial charge on any atom is -0.269 e. The second-order valence-electron chi connectivity index (χ2n) is 1.80. The minimum absolute atomic E-state index is 0. The molecule has 0 aliphatic heterocycles. The summed E-state index contributed by atoms with van der Waals surface area (Å²) in [6.07, 6.45) is 11.3. The van der Waals surface area contributed by atoms with Crippen LogP contribution in [0.3, 0.4) is 0 Å². The molecule has 0 bridgehead atoms. The molecule has 9 heavy (non-hydrogen) atoms. The van der Waals surface area contributed by atoms with Crippen molar-refractivity contribution >= 4 is 0 Å². The molecule has 0 aromatic carbocycles. The van der Waals surface area contributed by atoms with Crippen LogP contribution in [0.2, 0.25) is 0 Å². The molecular formula is C8H9Mn-. The van der Waals surface area contributed by atoms with Crippen LogP contribution in [-0.2, 0) is 17.1 Å². The second kappa shape index (κ2) is 4.60. The first-order chi connectivity index (χ1) is 3.93. The fourth-order valence-electron chi connectivity index (χ4n) is 0.746. The number of hydrogen-bond donors (Lipinski definition) is 0. The number of rotatable bonds is 2. The second-order valence-corrected chi connectivity index (χ2v) is 1.80. The molecule has 0 amide bonds. The summed E-state index contributed by atoms with van der Waals surface area (Å²) >= 11 is 0. The molecule has 0 atom stereocenters. The van der Waals surface area contributed by atoms with Gasteiger partial charge >= 0.3 is 0 Å². The van der Waals surface area contributed by atoms with Gasteiger partial charge in [-0.3, -0.25) is 6.08 Å². The van der Waals surface area contributed by atoms with Crippen molar-refractivity contribution in [3.8, 4) is 0 Å². The fraction of sp³-hybridized carbons (Fsp3) is 0.250. The minimum atomic E-state index is 0. The summed E-state index contributed by atoms with van der Waals surface area (Å²) in [6.45, 7) is 3.63. The maximum atomic E-state index is 3.63. The Labute approximate surface area is 66.8 Å². The molecule has 0 heterocycles. The van der Waals surface area contributed by atoms with E-state index in [-0.39, 0.29) is 17.1 Å². The summed E-state index contributed by atoms with van der Waals surface area (Å²) in [5, 5.41) is 0. The van der Waals surface area contributed by atoms with E-state index in [1.54, 1.807) is 0 Å². The van der Waals surface area contributed by atoms with Crippen LogP contribution in [-0.4, -0.2) is 0 Å². The molecular weight excluding hydrogens is 151 g/mol. The van der Waals surface area contributed by atoms with Gasteiger partial charge in [0.15, 0.2) is 0 Å². The average molecular weight is 160 g/mol. The smallest absolute Gasteiger partial charge is 0 e. The van der Waals surface area contributed by atoms with Gasteiger partial charge in [0.05, 0.1) is 0 Å². The van der Waals surface area contributed by atoms with Gasteiger partial charge < -0.3 is 0 Å². The normalized spacial score (nSPS) is 14.4. The third-order valence-electron chi connectivity index (χ3n) is 1.13. The van der Waals surface area contributed by atoms with E-state index in [1.807, 2.05) is 6.08 Å². The molecule has 1 heteroatoms. The maximum Gasteiger partial charge on any atom is 0 e. The van der Waals surface area contributed by atoms with Gasteiger partial charge in [-0.05, 0) is 6.42 Å². The van der Waals surface area contributed by atoms with E-state index in [1.165, 1.54) is 5.57 Å². The van der Waals surface area contributed by atoms with Crippen LogP contribution in [0.15, 0.2) is 30.4 Å². The molecule has 0 saturated heterocycles. The largest absolute Gasteiger partial charge is 0.269 e. The van der Waals surface area contributed by atoms with Crippen molar-refractivity contribution in [3.05, 3.63) is 36.5 Å². The summed E-state index contributed by atoms with van der Waals surface area (Å²) in [4.78, 5) is 0. The Morgan fingerprint density at radius 1 is 1.78 bits per heavy atom. The van der Waals surface area contributed by atoms with E-state index in [9.17, 15) is 0 Å². The van der Waals surface area contributed by atoms with Crippen molar-refractivity contribution in [1.29, 1.82) is 0 Å². The van der Waals surface area contributed by atoms with E-state index < -0.39 is 0 Å². The number of allylic oxidation sites excluding steroid dienone is 5. The molecule has 0 unspecified atom stereocenters. The first kappa shape index (κ1) is 8.74. The van der Waals surface area contributed by atoms with E-state index >= 15 is 0 Å². The van der Waals surface area contributed by atoms with Crippen molar-refractivity contribution in [2.75, 3.05) is 0 Å². The van der Waals surface area contributed by atoms with Crippen molar-refractivity contribution < 1.29 is 17.1 Å². The van der Waals surface area contributed by atoms with E-state index in [4.69, 9.17) is 0 Å². The Kier molecular flexibility index (Phi) is 4.47. The molecule has 49 valence electrons. The van der Waals surface area contributed by atoms with Crippen molar-refractivity contribution in [2.45, 2.75) is 12.8 Å². The van der Waals surface area contributed by atoms with Gasteiger partial charge in [-0.25, -0.2) is 11.6 Å². The first-order valence-corrected chi connectivity index (χ1v) is 2.80. The van der Waals surface area contributed by atoms with Crippen LogP contribution in [0, 0.1) is 6.08 Å². The van der Waals surface area contributed by atoms with Crippen LogP contribution in [0.1, 0.15) is 12.8 Å². The third-order valence-corrected chi connectivity index (χ3v) is 1.13. The Morgan fingerprint density at radius 3 is 3.00 bits per heavy atom. The molecule has 0 aromatic rings. The summed E-state index contributed by atoms with van der Waals surface area (Å²) in [6, 6.07) is 0. The quantitative estimate of drug-likeness (QED) is 0.330. The molecule has 1 rings (SSSR count). The van der Waals surface area contributed by atoms with E-state index in [2.05, 4.69) is 24.8 Å². The maximum absolute atomic E-state index is 3.63. The van der Waals surface area contributed by atoms with E-state index in [0.29, 0.717) is 0 Å². The van der Waals surface area contributed by atoms with Crippen LogP contribution in [0.5, 0.6) is 0 Å². The predicted molar refractivity (Wildman–Crippen MR) is 35.3 cm³/mol. The summed E-state index contributed by atoms with van der Waals surface area (Å²) in [5.74, 6) is 0. The summed E-state index contributed by atoms with van der Waals surface area (Å²) in [5.41, 5.74) is 1.28. The van der Waals surface area contributed by atoms with Gasteiger partial charge in [0.1, 0.15) is 0 Å². The molecule has 0 spiro atoms. The van der Waals surface area contributed by atoms with Crippen LogP contribution >= 0.6 is 0 Å². The SMILES string of the molecule is C=CCC1=[C-]CC=C1.[Mn]. The van der Waals surface area contributed by atoms with Gasteiger partial charge in [-0.2, -0.15) is 6.08 Å². The molecule has 1 radical (unpaired) electrons. The Hall–Kier alpha value is -0.261. The molecule has 0 saturated carbocycles. The standard InChI is InChI=1S/C8H9.Mn/c1-2-5-8-6-3-4-7-8;/h2-3,6H,1,4-5H2;/q-1;. The Balaban J connectivity index is 0.000000640. The topological polar surface area (TPSA) is 0 Å². The van der Waals surface area contributed by atoms with Crippen molar-refractivity contribution in [2.24, 2.45) is 0 Å². The van der Waals surface area contributed by atoms with Gasteiger partial charge in [-0.15, -0.1) is 13.0 Å². The van der Waals surface area contributed by atoms with Crippen LogP contribution < -0.4 is 0 Å².